The van der Waals surface area contributed by atoms with Crippen molar-refractivity contribution in [2.24, 2.45) is 0 Å². The van der Waals surface area contributed by atoms with Crippen molar-refractivity contribution in [1.29, 1.82) is 0 Å². The molecule has 0 saturated heterocycles. The summed E-state index contributed by atoms with van der Waals surface area (Å²) in [4.78, 5) is 0. The van der Waals surface area contributed by atoms with Crippen molar-refractivity contribution in [3.8, 4) is 11.8 Å². The molecule has 0 heterocycles. The molecule has 0 amide bonds. The van der Waals surface area contributed by atoms with Gasteiger partial charge in [-0.15, -0.1) is 0 Å². The Kier molecular flexibility index (Phi) is 3.24. The second-order valence-electron chi connectivity index (χ2n) is 3.56. The highest BCUT2D eigenvalue weighted by Gasteiger charge is 2.15. The zero-order valence-corrected chi connectivity index (χ0v) is 9.18. The maximum absolute atomic E-state index is 13.2. The van der Waals surface area contributed by atoms with Gasteiger partial charge in [-0.3, -0.25) is 0 Å². The summed E-state index contributed by atoms with van der Waals surface area (Å²) < 4.78 is 39.0. The molecule has 90 valence electrons. The fourth-order valence-corrected chi connectivity index (χ4v) is 1.37. The van der Waals surface area contributed by atoms with Crippen LogP contribution in [0.4, 0.5) is 18.9 Å². The number of anilines is 1. The molecule has 0 aromatic heterocycles. The van der Waals surface area contributed by atoms with E-state index < -0.39 is 23.1 Å². The van der Waals surface area contributed by atoms with Crippen molar-refractivity contribution in [1.82, 2.24) is 0 Å². The van der Waals surface area contributed by atoms with Crippen LogP contribution in [-0.4, -0.2) is 0 Å². The number of benzene rings is 2. The first-order valence-electron chi connectivity index (χ1n) is 5.09. The molecule has 1 nitrogen and oxygen atoms in total. The predicted molar refractivity (Wildman–Crippen MR) is 63.2 cm³/mol. The van der Waals surface area contributed by atoms with Crippen molar-refractivity contribution in [2.75, 3.05) is 5.73 Å². The van der Waals surface area contributed by atoms with Gasteiger partial charge >= 0.3 is 0 Å². The Morgan fingerprint density at radius 3 is 2.22 bits per heavy atom. The third-order valence-corrected chi connectivity index (χ3v) is 2.32. The van der Waals surface area contributed by atoms with Gasteiger partial charge in [-0.1, -0.05) is 30.0 Å². The Morgan fingerprint density at radius 2 is 1.56 bits per heavy atom. The minimum Gasteiger partial charge on any atom is -0.395 e. The molecule has 2 aromatic rings. The average Bonchev–Trinajstić information content (AvgIpc) is 2.40. The molecule has 2 N–H and O–H groups in total. The van der Waals surface area contributed by atoms with Crippen LogP contribution in [0.25, 0.3) is 0 Å². The maximum atomic E-state index is 13.2. The number of nitrogen functional groups attached to an aromatic ring is 1. The lowest BCUT2D eigenvalue weighted by Gasteiger charge is -2.02. The molecule has 0 unspecified atom stereocenters. The summed E-state index contributed by atoms with van der Waals surface area (Å²) >= 11 is 0. The van der Waals surface area contributed by atoms with Crippen molar-refractivity contribution in [2.45, 2.75) is 0 Å². The first-order valence-corrected chi connectivity index (χ1v) is 5.09. The summed E-state index contributed by atoms with van der Waals surface area (Å²) in [7, 11) is 0. The molecule has 2 aromatic carbocycles. The van der Waals surface area contributed by atoms with Gasteiger partial charge in [-0.25, -0.2) is 13.2 Å². The molecule has 0 aliphatic rings. The van der Waals surface area contributed by atoms with Gasteiger partial charge in [0.15, 0.2) is 17.5 Å². The normalized spacial score (nSPS) is 9.72. The largest absolute Gasteiger partial charge is 0.395 e. The highest BCUT2D eigenvalue weighted by molar-refractivity contribution is 5.58. The van der Waals surface area contributed by atoms with Crippen molar-refractivity contribution in [3.05, 3.63) is 65.0 Å². The smallest absolute Gasteiger partial charge is 0.196 e. The number of hydrogen-bond donors (Lipinski definition) is 1. The van der Waals surface area contributed by atoms with E-state index in [-0.39, 0.29) is 5.56 Å². The van der Waals surface area contributed by atoms with Crippen LogP contribution >= 0.6 is 0 Å². The molecule has 0 aliphatic heterocycles. The monoisotopic (exact) mass is 247 g/mol. The van der Waals surface area contributed by atoms with E-state index in [9.17, 15) is 13.2 Å². The van der Waals surface area contributed by atoms with Crippen molar-refractivity contribution in [3.63, 3.8) is 0 Å². The van der Waals surface area contributed by atoms with E-state index in [1.165, 1.54) is 0 Å². The standard InChI is InChI=1S/C14H8F3N/c15-11-8-10(14(18)13(17)12(11)16)7-6-9-4-2-1-3-5-9/h1-5,8H,18H2. The van der Waals surface area contributed by atoms with Gasteiger partial charge in [0.2, 0.25) is 0 Å². The second kappa shape index (κ2) is 4.84. The summed E-state index contributed by atoms with van der Waals surface area (Å²) in [5, 5.41) is 0. The van der Waals surface area contributed by atoms with Crippen LogP contribution in [0.15, 0.2) is 36.4 Å². The van der Waals surface area contributed by atoms with Crippen LogP contribution in [0.5, 0.6) is 0 Å². The van der Waals surface area contributed by atoms with E-state index in [1.54, 1.807) is 24.3 Å². The fraction of sp³-hybridized carbons (Fsp3) is 0. The zero-order valence-electron chi connectivity index (χ0n) is 9.18. The van der Waals surface area contributed by atoms with E-state index in [0.717, 1.165) is 6.07 Å². The molecular weight excluding hydrogens is 239 g/mol. The van der Waals surface area contributed by atoms with Crippen molar-refractivity contribution >= 4 is 5.69 Å². The molecule has 18 heavy (non-hydrogen) atoms. The molecule has 0 atom stereocenters. The van der Waals surface area contributed by atoms with Crippen LogP contribution in [0.1, 0.15) is 11.1 Å². The molecule has 0 fully saturated rings. The Bertz CT molecular complexity index is 640. The summed E-state index contributed by atoms with van der Waals surface area (Å²) in [6.07, 6.45) is 0. The van der Waals surface area contributed by atoms with Gasteiger partial charge in [0, 0.05) is 5.56 Å². The van der Waals surface area contributed by atoms with Gasteiger partial charge in [0.25, 0.3) is 0 Å². The van der Waals surface area contributed by atoms with Crippen LogP contribution in [0.3, 0.4) is 0 Å². The minimum atomic E-state index is -1.59. The Labute approximate surface area is 102 Å². The summed E-state index contributed by atoms with van der Waals surface area (Å²) in [6.45, 7) is 0. The minimum absolute atomic E-state index is 0.0738. The lowest BCUT2D eigenvalue weighted by molar-refractivity contribution is 0.449. The van der Waals surface area contributed by atoms with Gasteiger partial charge in [-0.05, 0) is 18.2 Å². The lowest BCUT2D eigenvalue weighted by Crippen LogP contribution is -2.01. The van der Waals surface area contributed by atoms with Crippen LogP contribution < -0.4 is 5.73 Å². The third-order valence-electron chi connectivity index (χ3n) is 2.32. The molecular formula is C14H8F3N. The topological polar surface area (TPSA) is 26.0 Å². The summed E-state index contributed by atoms with van der Waals surface area (Å²) in [5.41, 5.74) is 5.44. The van der Waals surface area contributed by atoms with E-state index in [0.29, 0.717) is 5.56 Å². The zero-order chi connectivity index (χ0) is 13.1. The van der Waals surface area contributed by atoms with E-state index in [1.807, 2.05) is 6.07 Å². The second-order valence-corrected chi connectivity index (χ2v) is 3.56. The highest BCUT2D eigenvalue weighted by atomic mass is 19.2. The van der Waals surface area contributed by atoms with Gasteiger partial charge in [-0.2, -0.15) is 0 Å². The van der Waals surface area contributed by atoms with Crippen molar-refractivity contribution < 1.29 is 13.2 Å². The first kappa shape index (κ1) is 12.1. The third kappa shape index (κ3) is 2.30. The average molecular weight is 247 g/mol. The van der Waals surface area contributed by atoms with Crippen LogP contribution in [0.2, 0.25) is 0 Å². The summed E-state index contributed by atoms with van der Waals surface area (Å²) in [5.74, 6) is 0.905. The van der Waals surface area contributed by atoms with Gasteiger partial charge < -0.3 is 5.73 Å². The van der Waals surface area contributed by atoms with E-state index in [2.05, 4.69) is 11.8 Å². The summed E-state index contributed by atoms with van der Waals surface area (Å²) in [6, 6.07) is 9.62. The van der Waals surface area contributed by atoms with Crippen LogP contribution in [-0.2, 0) is 0 Å². The Hall–Kier alpha value is -2.41. The van der Waals surface area contributed by atoms with Gasteiger partial charge in [0.05, 0.1) is 11.3 Å². The number of rotatable bonds is 0. The fourth-order valence-electron chi connectivity index (χ4n) is 1.37. The lowest BCUT2D eigenvalue weighted by atomic mass is 10.1. The van der Waals surface area contributed by atoms with E-state index in [4.69, 9.17) is 5.73 Å². The Morgan fingerprint density at radius 1 is 0.889 bits per heavy atom. The van der Waals surface area contributed by atoms with E-state index >= 15 is 0 Å². The SMILES string of the molecule is Nc1c(C#Cc2ccccc2)cc(F)c(F)c1F. The molecule has 2 rings (SSSR count). The molecule has 0 aliphatic carbocycles. The molecule has 4 heteroatoms. The number of halogens is 3. The number of hydrogen-bond acceptors (Lipinski definition) is 1. The van der Waals surface area contributed by atoms with Gasteiger partial charge in [0.1, 0.15) is 0 Å². The number of nitrogens with two attached hydrogens (primary N) is 1. The molecule has 0 radical (unpaired) electrons. The predicted octanol–water partition coefficient (Wildman–Crippen LogP) is 3.09. The maximum Gasteiger partial charge on any atom is 0.196 e. The van der Waals surface area contributed by atoms with Crippen LogP contribution in [0, 0.1) is 29.3 Å². The molecule has 0 bridgehead atoms. The quantitative estimate of drug-likeness (QED) is 0.432. The highest BCUT2D eigenvalue weighted by Crippen LogP contribution is 2.21. The molecule has 0 spiro atoms. The molecule has 0 saturated carbocycles. The Balaban J connectivity index is 2.46. The first-order chi connectivity index (χ1) is 8.59.